The van der Waals surface area contributed by atoms with Gasteiger partial charge in [0.1, 0.15) is 6.10 Å². The summed E-state index contributed by atoms with van der Waals surface area (Å²) in [5.41, 5.74) is -2.07. The third-order valence-electron chi connectivity index (χ3n) is 7.30. The fourth-order valence-corrected chi connectivity index (χ4v) is 5.99. The molecule has 0 amide bonds. The van der Waals surface area contributed by atoms with Crippen LogP contribution in [0, 0.1) is 22.7 Å². The molecular formula is C20H26O5. The third kappa shape index (κ3) is 2.08. The Morgan fingerprint density at radius 1 is 1.32 bits per heavy atom. The van der Waals surface area contributed by atoms with E-state index in [2.05, 4.69) is 6.58 Å². The fourth-order valence-electron chi connectivity index (χ4n) is 5.99. The Bertz CT molecular complexity index is 692. The second-order valence-corrected chi connectivity index (χ2v) is 8.92. The molecular weight excluding hydrogens is 320 g/mol. The molecule has 0 aromatic carbocycles. The lowest BCUT2D eigenvalue weighted by Crippen LogP contribution is -2.53. The Morgan fingerprint density at radius 3 is 2.76 bits per heavy atom. The second kappa shape index (κ2) is 5.04. The van der Waals surface area contributed by atoms with Crippen molar-refractivity contribution in [3.63, 3.8) is 0 Å². The van der Waals surface area contributed by atoms with Crippen molar-refractivity contribution in [2.75, 3.05) is 0 Å². The number of hydrogen-bond acceptors (Lipinski definition) is 5. The van der Waals surface area contributed by atoms with E-state index in [-0.39, 0.29) is 30.0 Å². The molecule has 4 rings (SSSR count). The van der Waals surface area contributed by atoms with Crippen LogP contribution in [0.1, 0.15) is 46.0 Å². The van der Waals surface area contributed by atoms with Crippen molar-refractivity contribution in [3.8, 4) is 0 Å². The molecule has 1 saturated heterocycles. The molecule has 2 saturated carbocycles. The zero-order valence-corrected chi connectivity index (χ0v) is 14.8. The van der Waals surface area contributed by atoms with E-state index in [0.717, 1.165) is 6.42 Å². The number of cyclic esters (lactones) is 1. The first-order chi connectivity index (χ1) is 11.6. The average Bonchev–Trinajstić information content (AvgIpc) is 2.89. The molecule has 0 aromatic heterocycles. The van der Waals surface area contributed by atoms with Crippen molar-refractivity contribution in [2.24, 2.45) is 22.7 Å². The van der Waals surface area contributed by atoms with Gasteiger partial charge in [-0.15, -0.1) is 0 Å². The topological polar surface area (TPSA) is 83.8 Å². The molecule has 2 N–H and O–H groups in total. The van der Waals surface area contributed by atoms with Crippen molar-refractivity contribution in [1.29, 1.82) is 0 Å². The van der Waals surface area contributed by atoms with Gasteiger partial charge in [-0.3, -0.25) is 9.59 Å². The van der Waals surface area contributed by atoms with Crippen LogP contribution in [-0.4, -0.2) is 39.8 Å². The predicted molar refractivity (Wildman–Crippen MR) is 90.4 cm³/mol. The molecule has 136 valence electrons. The molecule has 2 bridgehead atoms. The number of aliphatic hydroxyl groups is 2. The number of fused-ring (bicyclic) bond motifs is 3. The first-order valence-corrected chi connectivity index (χ1v) is 9.15. The van der Waals surface area contributed by atoms with Gasteiger partial charge in [-0.05, 0) is 51.2 Å². The van der Waals surface area contributed by atoms with Gasteiger partial charge in [0.2, 0.25) is 0 Å². The van der Waals surface area contributed by atoms with Gasteiger partial charge in [-0.2, -0.15) is 0 Å². The maximum Gasteiger partial charge on any atom is 0.312 e. The van der Waals surface area contributed by atoms with E-state index in [1.165, 1.54) is 6.08 Å². The lowest BCUT2D eigenvalue weighted by molar-refractivity contribution is -0.151. The molecule has 1 aliphatic heterocycles. The quantitative estimate of drug-likeness (QED) is 0.589. The summed E-state index contributed by atoms with van der Waals surface area (Å²) in [6.07, 6.45) is 4.66. The lowest BCUT2D eigenvalue weighted by Gasteiger charge is -2.45. The van der Waals surface area contributed by atoms with Crippen molar-refractivity contribution < 1.29 is 24.5 Å². The van der Waals surface area contributed by atoms with Crippen LogP contribution >= 0.6 is 0 Å². The average molecular weight is 346 g/mol. The number of esters is 1. The highest BCUT2D eigenvalue weighted by molar-refractivity contribution is 5.98. The molecule has 1 heterocycles. The minimum atomic E-state index is -1.02. The lowest BCUT2D eigenvalue weighted by atomic mass is 9.58. The van der Waals surface area contributed by atoms with Gasteiger partial charge in [-0.25, -0.2) is 0 Å². The van der Waals surface area contributed by atoms with Crippen LogP contribution in [0.3, 0.4) is 0 Å². The van der Waals surface area contributed by atoms with Crippen LogP contribution < -0.4 is 0 Å². The summed E-state index contributed by atoms with van der Waals surface area (Å²) in [6, 6.07) is 0. The molecule has 0 aromatic rings. The summed E-state index contributed by atoms with van der Waals surface area (Å²) >= 11 is 0. The maximum absolute atomic E-state index is 12.7. The summed E-state index contributed by atoms with van der Waals surface area (Å²) in [5, 5.41) is 21.7. The van der Waals surface area contributed by atoms with Gasteiger partial charge in [0.05, 0.1) is 22.5 Å². The number of ether oxygens (including phenoxy) is 1. The zero-order chi connectivity index (χ0) is 18.2. The monoisotopic (exact) mass is 346 g/mol. The Balaban J connectivity index is 1.71. The molecule has 4 aliphatic rings. The van der Waals surface area contributed by atoms with Crippen molar-refractivity contribution in [2.45, 2.75) is 63.8 Å². The molecule has 3 aliphatic carbocycles. The normalized spacial score (nSPS) is 51.6. The Kier molecular flexibility index (Phi) is 3.42. The van der Waals surface area contributed by atoms with Crippen LogP contribution in [0.4, 0.5) is 0 Å². The summed E-state index contributed by atoms with van der Waals surface area (Å²) in [6.45, 7) is 7.58. The highest BCUT2D eigenvalue weighted by atomic mass is 16.6. The number of rotatable bonds is 2. The van der Waals surface area contributed by atoms with Gasteiger partial charge in [0, 0.05) is 18.3 Å². The second-order valence-electron chi connectivity index (χ2n) is 8.92. The molecule has 5 nitrogen and oxygen atoms in total. The Hall–Kier alpha value is -1.46. The van der Waals surface area contributed by atoms with E-state index in [4.69, 9.17) is 4.74 Å². The number of aliphatic hydroxyl groups excluding tert-OH is 1. The van der Waals surface area contributed by atoms with E-state index < -0.39 is 28.6 Å². The van der Waals surface area contributed by atoms with Gasteiger partial charge in [-0.1, -0.05) is 12.7 Å². The number of carbonyl (C=O) groups is 2. The van der Waals surface area contributed by atoms with E-state index >= 15 is 0 Å². The minimum absolute atomic E-state index is 0.0111. The van der Waals surface area contributed by atoms with Gasteiger partial charge in [0.25, 0.3) is 0 Å². The van der Waals surface area contributed by atoms with Crippen LogP contribution in [-0.2, 0) is 14.3 Å². The summed E-state index contributed by atoms with van der Waals surface area (Å²) in [4.78, 5) is 25.3. The number of hydrogen-bond donors (Lipinski definition) is 2. The molecule has 0 unspecified atom stereocenters. The molecule has 3 fully saturated rings. The van der Waals surface area contributed by atoms with Crippen molar-refractivity contribution in [3.05, 3.63) is 24.3 Å². The minimum Gasteiger partial charge on any atom is -0.461 e. The van der Waals surface area contributed by atoms with Crippen LogP contribution in [0.2, 0.25) is 0 Å². The van der Waals surface area contributed by atoms with Gasteiger partial charge >= 0.3 is 5.97 Å². The molecule has 0 radical (unpaired) electrons. The van der Waals surface area contributed by atoms with Crippen LogP contribution in [0.5, 0.6) is 0 Å². The smallest absolute Gasteiger partial charge is 0.312 e. The third-order valence-corrected chi connectivity index (χ3v) is 7.30. The van der Waals surface area contributed by atoms with Crippen LogP contribution in [0.15, 0.2) is 24.3 Å². The molecule has 5 heteroatoms. The number of allylic oxidation sites excluding steroid dienone is 2. The SMILES string of the molecule is C=C1[C@@H]2C=CC(=O)[C@@](C[C@H]3OC(=O)[C@]4(C)CCC[C@@](C)(O)[C@H]34)(C2)[C@H]1O. The van der Waals surface area contributed by atoms with E-state index in [9.17, 15) is 19.8 Å². The Morgan fingerprint density at radius 2 is 2.04 bits per heavy atom. The fraction of sp³-hybridized carbons (Fsp3) is 0.700. The van der Waals surface area contributed by atoms with E-state index in [1.807, 2.05) is 6.92 Å². The maximum atomic E-state index is 12.7. The summed E-state index contributed by atoms with van der Waals surface area (Å²) in [7, 11) is 0. The first kappa shape index (κ1) is 17.0. The summed E-state index contributed by atoms with van der Waals surface area (Å²) in [5.74, 6) is -0.799. The highest BCUT2D eigenvalue weighted by Crippen LogP contribution is 2.59. The molecule has 7 atom stereocenters. The summed E-state index contributed by atoms with van der Waals surface area (Å²) < 4.78 is 5.71. The molecule has 0 spiro atoms. The van der Waals surface area contributed by atoms with Crippen LogP contribution in [0.25, 0.3) is 0 Å². The van der Waals surface area contributed by atoms with Crippen molar-refractivity contribution >= 4 is 11.8 Å². The Labute approximate surface area is 147 Å². The molecule has 25 heavy (non-hydrogen) atoms. The first-order valence-electron chi connectivity index (χ1n) is 9.15. The van der Waals surface area contributed by atoms with Gasteiger partial charge in [0.15, 0.2) is 5.78 Å². The van der Waals surface area contributed by atoms with Gasteiger partial charge < -0.3 is 14.9 Å². The van der Waals surface area contributed by atoms with E-state index in [0.29, 0.717) is 24.8 Å². The zero-order valence-electron chi connectivity index (χ0n) is 14.8. The highest BCUT2D eigenvalue weighted by Gasteiger charge is 2.65. The number of carbonyl (C=O) groups excluding carboxylic acids is 2. The largest absolute Gasteiger partial charge is 0.461 e. The number of ketones is 1. The standard InChI is InChI=1S/C20H26O5/c1-11-12-5-6-14(21)20(9-12,16(11)22)10-13-15-18(2,17(23)25-13)7-4-8-19(15,3)24/h5-6,12-13,15-16,22,24H,1,4,7-10H2,2-3H3/t12-,13-,15-,16+,18-,19-,20+/m1/s1. The predicted octanol–water partition coefficient (Wildman–Crippen LogP) is 1.92. The van der Waals surface area contributed by atoms with Crippen molar-refractivity contribution in [1.82, 2.24) is 0 Å². The van der Waals surface area contributed by atoms with E-state index in [1.54, 1.807) is 13.0 Å².